The number of rotatable bonds is 6. The van der Waals surface area contributed by atoms with Crippen LogP contribution in [0, 0.1) is 0 Å². The molecule has 5 heterocycles. The van der Waals surface area contributed by atoms with E-state index in [1.165, 1.54) is 27.1 Å². The monoisotopic (exact) mass is 475 g/mol. The van der Waals surface area contributed by atoms with E-state index in [9.17, 15) is 4.79 Å². The van der Waals surface area contributed by atoms with Gasteiger partial charge >= 0.3 is 0 Å². The van der Waals surface area contributed by atoms with Crippen molar-refractivity contribution in [2.24, 2.45) is 0 Å². The molecule has 0 spiro atoms. The minimum absolute atomic E-state index is 0.0241. The van der Waals surface area contributed by atoms with Gasteiger partial charge in [0.25, 0.3) is 0 Å². The normalized spacial score (nSPS) is 18.9. The van der Waals surface area contributed by atoms with Crippen LogP contribution in [0.25, 0.3) is 0 Å². The minimum atomic E-state index is 0.0241. The first-order valence-corrected chi connectivity index (χ1v) is 13.3. The van der Waals surface area contributed by atoms with E-state index in [2.05, 4.69) is 55.5 Å². The van der Waals surface area contributed by atoms with Crippen molar-refractivity contribution in [3.63, 3.8) is 0 Å². The molecule has 10 heteroatoms. The molecule has 1 amide bonds. The molecule has 1 unspecified atom stereocenters. The zero-order valence-corrected chi connectivity index (χ0v) is 19.8. The molecule has 31 heavy (non-hydrogen) atoms. The number of morpholine rings is 1. The molecule has 1 fully saturated rings. The Balaban J connectivity index is 1.32. The van der Waals surface area contributed by atoms with Crippen molar-refractivity contribution < 1.29 is 9.53 Å². The van der Waals surface area contributed by atoms with Gasteiger partial charge in [-0.2, -0.15) is 0 Å². The molecule has 0 saturated carbocycles. The standard InChI is InChI=1S/C21H25N5O2S3/c1-2-25-20(24-8-10-28-11-9-24)22-23-21(25)31-14-18(27)26-7-5-16-15(6-13-30-16)19(26)17-4-3-12-29-17/h3-4,6,12-13,19H,2,5,7-11,14H2,1H3. The zero-order chi connectivity index (χ0) is 21.2. The van der Waals surface area contributed by atoms with Crippen LogP contribution in [0.2, 0.25) is 0 Å². The Labute approximate surface area is 194 Å². The van der Waals surface area contributed by atoms with Crippen LogP contribution < -0.4 is 4.90 Å². The third-order valence-electron chi connectivity index (χ3n) is 5.73. The summed E-state index contributed by atoms with van der Waals surface area (Å²) in [6.07, 6.45) is 0.928. The molecule has 0 aromatic carbocycles. The van der Waals surface area contributed by atoms with Gasteiger partial charge in [-0.15, -0.1) is 32.9 Å². The molecule has 0 bridgehead atoms. The van der Waals surface area contributed by atoms with E-state index in [4.69, 9.17) is 4.74 Å². The molecule has 1 atom stereocenters. The van der Waals surface area contributed by atoms with E-state index in [1.807, 2.05) is 4.90 Å². The first-order valence-electron chi connectivity index (χ1n) is 10.5. The maximum Gasteiger partial charge on any atom is 0.233 e. The number of carbonyl (C=O) groups excluding carboxylic acids is 1. The summed E-state index contributed by atoms with van der Waals surface area (Å²) in [6.45, 7) is 6.68. The highest BCUT2D eigenvalue weighted by atomic mass is 32.2. The summed E-state index contributed by atoms with van der Waals surface area (Å²) in [7, 11) is 0. The zero-order valence-electron chi connectivity index (χ0n) is 17.4. The lowest BCUT2D eigenvalue weighted by atomic mass is 9.98. The van der Waals surface area contributed by atoms with Gasteiger partial charge in [0.1, 0.15) is 0 Å². The number of hydrogen-bond donors (Lipinski definition) is 0. The molecule has 3 aromatic rings. The molecule has 7 nitrogen and oxygen atoms in total. The van der Waals surface area contributed by atoms with Crippen molar-refractivity contribution in [3.05, 3.63) is 44.3 Å². The smallest absolute Gasteiger partial charge is 0.233 e. The average Bonchev–Trinajstić information content (AvgIpc) is 3.57. The van der Waals surface area contributed by atoms with Crippen LogP contribution in [0.5, 0.6) is 0 Å². The molecule has 2 aliphatic rings. The van der Waals surface area contributed by atoms with E-state index >= 15 is 0 Å². The topological polar surface area (TPSA) is 63.5 Å². The third kappa shape index (κ3) is 4.13. The number of hydrogen-bond acceptors (Lipinski definition) is 8. The maximum atomic E-state index is 13.3. The molecule has 0 aliphatic carbocycles. The lowest BCUT2D eigenvalue weighted by molar-refractivity contribution is -0.130. The summed E-state index contributed by atoms with van der Waals surface area (Å²) < 4.78 is 7.56. The first kappa shape index (κ1) is 21.0. The summed E-state index contributed by atoms with van der Waals surface area (Å²) in [4.78, 5) is 20.2. The third-order valence-corrected chi connectivity index (χ3v) is 8.60. The lowest BCUT2D eigenvalue weighted by Gasteiger charge is -2.35. The number of nitrogens with zero attached hydrogens (tertiary/aromatic N) is 5. The number of carbonyl (C=O) groups is 1. The highest BCUT2D eigenvalue weighted by molar-refractivity contribution is 7.99. The van der Waals surface area contributed by atoms with Crippen molar-refractivity contribution in [1.29, 1.82) is 0 Å². The van der Waals surface area contributed by atoms with Crippen molar-refractivity contribution in [1.82, 2.24) is 19.7 Å². The van der Waals surface area contributed by atoms with Gasteiger partial charge in [-0.1, -0.05) is 17.8 Å². The summed E-state index contributed by atoms with van der Waals surface area (Å²) in [5.74, 6) is 1.39. The van der Waals surface area contributed by atoms with E-state index in [0.29, 0.717) is 19.0 Å². The molecular formula is C21H25N5O2S3. The molecule has 0 radical (unpaired) electrons. The number of amides is 1. The van der Waals surface area contributed by atoms with Crippen molar-refractivity contribution in [2.75, 3.05) is 43.5 Å². The van der Waals surface area contributed by atoms with E-state index in [0.717, 1.165) is 43.7 Å². The fourth-order valence-electron chi connectivity index (χ4n) is 4.21. The molecule has 1 saturated heterocycles. The second-order valence-corrected chi connectivity index (χ2v) is 10.4. The summed E-state index contributed by atoms with van der Waals surface area (Å²) in [5.41, 5.74) is 1.28. The van der Waals surface area contributed by atoms with E-state index in [-0.39, 0.29) is 11.9 Å². The molecule has 0 N–H and O–H groups in total. The lowest BCUT2D eigenvalue weighted by Crippen LogP contribution is -2.40. The van der Waals surface area contributed by atoms with Crippen LogP contribution in [0.15, 0.2) is 34.1 Å². The average molecular weight is 476 g/mol. The molecule has 2 aliphatic heterocycles. The first-order chi connectivity index (χ1) is 15.3. The van der Waals surface area contributed by atoms with Gasteiger partial charge in [0.15, 0.2) is 5.16 Å². The van der Waals surface area contributed by atoms with Crippen LogP contribution in [-0.4, -0.2) is 64.2 Å². The Morgan fingerprint density at radius 2 is 2.06 bits per heavy atom. The Morgan fingerprint density at radius 3 is 2.84 bits per heavy atom. The number of thiophene rings is 2. The van der Waals surface area contributed by atoms with Gasteiger partial charge in [-0.05, 0) is 41.8 Å². The van der Waals surface area contributed by atoms with E-state index < -0.39 is 0 Å². The van der Waals surface area contributed by atoms with Gasteiger partial charge in [0, 0.05) is 35.9 Å². The quantitative estimate of drug-likeness (QED) is 0.509. The van der Waals surface area contributed by atoms with Crippen LogP contribution >= 0.6 is 34.4 Å². The number of thioether (sulfide) groups is 1. The fourth-order valence-corrected chi connectivity index (χ4v) is 6.85. The van der Waals surface area contributed by atoms with Crippen LogP contribution in [0.4, 0.5) is 5.95 Å². The molecular weight excluding hydrogens is 450 g/mol. The summed E-state index contributed by atoms with van der Waals surface area (Å²) >= 11 is 5.00. The van der Waals surface area contributed by atoms with Gasteiger partial charge < -0.3 is 14.5 Å². The van der Waals surface area contributed by atoms with Crippen molar-refractivity contribution in [2.45, 2.75) is 31.1 Å². The Morgan fingerprint density at radius 1 is 1.19 bits per heavy atom. The number of ether oxygens (including phenoxy) is 1. The van der Waals surface area contributed by atoms with Crippen LogP contribution in [-0.2, 0) is 22.5 Å². The highest BCUT2D eigenvalue weighted by Gasteiger charge is 2.33. The van der Waals surface area contributed by atoms with Crippen LogP contribution in [0.1, 0.15) is 28.3 Å². The Bertz CT molecular complexity index is 1030. The van der Waals surface area contributed by atoms with Gasteiger partial charge in [0.2, 0.25) is 11.9 Å². The summed E-state index contributed by atoms with van der Waals surface area (Å²) in [5, 5.41) is 13.9. The van der Waals surface area contributed by atoms with Crippen molar-refractivity contribution >= 4 is 46.3 Å². The molecule has 164 valence electrons. The predicted molar refractivity (Wildman–Crippen MR) is 125 cm³/mol. The predicted octanol–water partition coefficient (Wildman–Crippen LogP) is 3.52. The molecule has 3 aromatic heterocycles. The second-order valence-electron chi connectivity index (χ2n) is 7.47. The maximum absolute atomic E-state index is 13.3. The summed E-state index contributed by atoms with van der Waals surface area (Å²) in [6, 6.07) is 6.41. The number of fused-ring (bicyclic) bond motifs is 1. The van der Waals surface area contributed by atoms with Crippen LogP contribution in [0.3, 0.4) is 0 Å². The fraction of sp³-hybridized carbons (Fsp3) is 0.476. The van der Waals surface area contributed by atoms with Gasteiger partial charge in [-0.3, -0.25) is 9.36 Å². The van der Waals surface area contributed by atoms with E-state index in [1.54, 1.807) is 22.7 Å². The largest absolute Gasteiger partial charge is 0.378 e. The van der Waals surface area contributed by atoms with Gasteiger partial charge in [0.05, 0.1) is 25.0 Å². The number of aromatic nitrogens is 3. The highest BCUT2D eigenvalue weighted by Crippen LogP contribution is 2.40. The van der Waals surface area contributed by atoms with Crippen molar-refractivity contribution in [3.8, 4) is 0 Å². The SMILES string of the molecule is CCn1c(SCC(=O)N2CCc3sccc3C2c2cccs2)nnc1N1CCOCC1. The second kappa shape index (κ2) is 9.32. The number of anilines is 1. The Hall–Kier alpha value is -1.88. The minimum Gasteiger partial charge on any atom is -0.378 e. The molecule has 5 rings (SSSR count). The Kier molecular flexibility index (Phi) is 6.31. The van der Waals surface area contributed by atoms with Gasteiger partial charge in [-0.25, -0.2) is 0 Å².